The molecule has 1 saturated carbocycles. The first kappa shape index (κ1) is 11.3. The molecule has 0 unspecified atom stereocenters. The molecule has 1 aliphatic rings. The fourth-order valence-corrected chi connectivity index (χ4v) is 1.82. The quantitative estimate of drug-likeness (QED) is 0.831. The van der Waals surface area contributed by atoms with Gasteiger partial charge in [0.15, 0.2) is 5.82 Å². The highest BCUT2D eigenvalue weighted by Gasteiger charge is 2.20. The van der Waals surface area contributed by atoms with Crippen LogP contribution in [0.25, 0.3) is 0 Å². The van der Waals surface area contributed by atoms with Gasteiger partial charge in [-0.15, -0.1) is 0 Å². The third-order valence-electron chi connectivity index (χ3n) is 2.97. The van der Waals surface area contributed by atoms with E-state index in [0.29, 0.717) is 12.3 Å². The van der Waals surface area contributed by atoms with Crippen LogP contribution in [-0.2, 0) is 12.8 Å². The number of nitrogens with one attached hydrogen (secondary N) is 1. The van der Waals surface area contributed by atoms with Crippen molar-refractivity contribution < 1.29 is 4.52 Å². The minimum Gasteiger partial charge on any atom is -0.339 e. The Balaban J connectivity index is 1.52. The van der Waals surface area contributed by atoms with Gasteiger partial charge in [0.2, 0.25) is 5.89 Å². The standard InChI is InChI=1S/C13H16N4O/c1-2-11(1)15-8-5-13-16-12(17-18-13)9-10-3-6-14-7-4-10/h3-4,6-7,11,15H,1-2,5,8-9H2. The van der Waals surface area contributed by atoms with Crippen LogP contribution in [0.4, 0.5) is 0 Å². The van der Waals surface area contributed by atoms with Gasteiger partial charge in [0.05, 0.1) is 0 Å². The Kier molecular flexibility index (Phi) is 3.32. The molecule has 2 aromatic heterocycles. The van der Waals surface area contributed by atoms with Crippen molar-refractivity contribution in [3.8, 4) is 0 Å². The Bertz CT molecular complexity index is 493. The lowest BCUT2D eigenvalue weighted by Crippen LogP contribution is -2.19. The summed E-state index contributed by atoms with van der Waals surface area (Å²) in [4.78, 5) is 8.37. The Morgan fingerprint density at radius 1 is 1.28 bits per heavy atom. The lowest BCUT2D eigenvalue weighted by molar-refractivity contribution is 0.371. The second-order valence-electron chi connectivity index (χ2n) is 4.61. The van der Waals surface area contributed by atoms with Gasteiger partial charge in [-0.2, -0.15) is 4.98 Å². The molecule has 1 N–H and O–H groups in total. The van der Waals surface area contributed by atoms with E-state index in [-0.39, 0.29) is 0 Å². The fraction of sp³-hybridized carbons (Fsp3) is 0.462. The number of nitrogens with zero attached hydrogens (tertiary/aromatic N) is 3. The van der Waals surface area contributed by atoms with Crippen molar-refractivity contribution in [2.45, 2.75) is 31.7 Å². The lowest BCUT2D eigenvalue weighted by atomic mass is 10.2. The number of aromatic nitrogens is 3. The smallest absolute Gasteiger partial charge is 0.227 e. The van der Waals surface area contributed by atoms with E-state index in [4.69, 9.17) is 4.52 Å². The number of hydrogen-bond donors (Lipinski definition) is 1. The van der Waals surface area contributed by atoms with Gasteiger partial charge in [-0.25, -0.2) is 0 Å². The first-order chi connectivity index (χ1) is 8.90. The summed E-state index contributed by atoms with van der Waals surface area (Å²) >= 11 is 0. The Morgan fingerprint density at radius 3 is 2.89 bits per heavy atom. The summed E-state index contributed by atoms with van der Waals surface area (Å²) < 4.78 is 5.22. The fourth-order valence-electron chi connectivity index (χ4n) is 1.82. The van der Waals surface area contributed by atoms with Crippen LogP contribution < -0.4 is 5.32 Å². The molecule has 94 valence electrons. The maximum Gasteiger partial charge on any atom is 0.227 e. The highest BCUT2D eigenvalue weighted by molar-refractivity contribution is 5.14. The molecule has 0 atom stereocenters. The number of pyridine rings is 1. The summed E-state index contributed by atoms with van der Waals surface area (Å²) in [7, 11) is 0. The summed E-state index contributed by atoms with van der Waals surface area (Å²) in [6.07, 6.45) is 7.65. The molecule has 0 aromatic carbocycles. The molecule has 0 radical (unpaired) electrons. The zero-order valence-electron chi connectivity index (χ0n) is 10.2. The van der Waals surface area contributed by atoms with Crippen molar-refractivity contribution >= 4 is 0 Å². The zero-order chi connectivity index (χ0) is 12.2. The third kappa shape index (κ3) is 3.13. The van der Waals surface area contributed by atoms with Crippen molar-refractivity contribution in [1.29, 1.82) is 0 Å². The lowest BCUT2D eigenvalue weighted by Gasteiger charge is -1.97. The average molecular weight is 244 g/mol. The largest absolute Gasteiger partial charge is 0.339 e. The Hall–Kier alpha value is -1.75. The summed E-state index contributed by atoms with van der Waals surface area (Å²) in [5.74, 6) is 1.45. The van der Waals surface area contributed by atoms with Crippen LogP contribution in [0.5, 0.6) is 0 Å². The molecule has 0 spiro atoms. The van der Waals surface area contributed by atoms with Gasteiger partial charge in [-0.1, -0.05) is 5.16 Å². The molecule has 0 bridgehead atoms. The SMILES string of the molecule is c1cc(Cc2noc(CCNC3CC3)n2)ccn1. The van der Waals surface area contributed by atoms with Crippen LogP contribution in [0.3, 0.4) is 0 Å². The van der Waals surface area contributed by atoms with Crippen LogP contribution in [0, 0.1) is 0 Å². The van der Waals surface area contributed by atoms with Gasteiger partial charge in [0, 0.05) is 37.8 Å². The molecule has 2 aromatic rings. The highest BCUT2D eigenvalue weighted by Crippen LogP contribution is 2.18. The van der Waals surface area contributed by atoms with E-state index in [1.54, 1.807) is 12.4 Å². The van der Waals surface area contributed by atoms with Crippen molar-refractivity contribution in [2.24, 2.45) is 0 Å². The summed E-state index contributed by atoms with van der Waals surface area (Å²) in [5, 5.41) is 7.42. The molecule has 0 amide bonds. The molecule has 0 aliphatic heterocycles. The second kappa shape index (κ2) is 5.27. The molecule has 2 heterocycles. The molecule has 3 rings (SSSR count). The Morgan fingerprint density at radius 2 is 2.11 bits per heavy atom. The predicted molar refractivity (Wildman–Crippen MR) is 66.1 cm³/mol. The maximum atomic E-state index is 5.22. The van der Waals surface area contributed by atoms with Gasteiger partial charge in [0.25, 0.3) is 0 Å². The van der Waals surface area contributed by atoms with E-state index in [1.165, 1.54) is 12.8 Å². The van der Waals surface area contributed by atoms with Crippen molar-refractivity contribution in [2.75, 3.05) is 6.54 Å². The molecule has 1 fully saturated rings. The molecule has 5 nitrogen and oxygen atoms in total. The second-order valence-corrected chi connectivity index (χ2v) is 4.61. The van der Waals surface area contributed by atoms with Crippen LogP contribution in [-0.4, -0.2) is 27.7 Å². The number of rotatable bonds is 6. The molecule has 0 saturated heterocycles. The molecular formula is C13H16N4O. The maximum absolute atomic E-state index is 5.22. The normalized spacial score (nSPS) is 14.9. The molecule has 1 aliphatic carbocycles. The van der Waals surface area contributed by atoms with E-state index in [0.717, 1.165) is 30.4 Å². The first-order valence-corrected chi connectivity index (χ1v) is 6.34. The van der Waals surface area contributed by atoms with E-state index in [1.807, 2.05) is 12.1 Å². The van der Waals surface area contributed by atoms with Gasteiger partial charge < -0.3 is 9.84 Å². The first-order valence-electron chi connectivity index (χ1n) is 6.34. The van der Waals surface area contributed by atoms with Crippen LogP contribution in [0.2, 0.25) is 0 Å². The van der Waals surface area contributed by atoms with Gasteiger partial charge in [-0.05, 0) is 30.5 Å². The third-order valence-corrected chi connectivity index (χ3v) is 2.97. The monoisotopic (exact) mass is 244 g/mol. The Labute approximate surface area is 106 Å². The van der Waals surface area contributed by atoms with Crippen molar-refractivity contribution in [3.05, 3.63) is 41.8 Å². The number of hydrogen-bond acceptors (Lipinski definition) is 5. The topological polar surface area (TPSA) is 63.8 Å². The van der Waals surface area contributed by atoms with Crippen molar-refractivity contribution in [3.63, 3.8) is 0 Å². The van der Waals surface area contributed by atoms with Gasteiger partial charge in [-0.3, -0.25) is 4.98 Å². The van der Waals surface area contributed by atoms with Crippen LogP contribution >= 0.6 is 0 Å². The summed E-state index contributed by atoms with van der Waals surface area (Å²) in [5.41, 5.74) is 1.15. The van der Waals surface area contributed by atoms with Gasteiger partial charge in [0.1, 0.15) is 0 Å². The minimum atomic E-state index is 0.697. The predicted octanol–water partition coefficient (Wildman–Crippen LogP) is 1.35. The average Bonchev–Trinajstić information content (AvgIpc) is 3.11. The summed E-state index contributed by atoms with van der Waals surface area (Å²) in [6.45, 7) is 0.918. The molecular weight excluding hydrogens is 228 g/mol. The van der Waals surface area contributed by atoms with E-state index < -0.39 is 0 Å². The van der Waals surface area contributed by atoms with Crippen LogP contribution in [0.1, 0.15) is 30.1 Å². The van der Waals surface area contributed by atoms with E-state index in [9.17, 15) is 0 Å². The van der Waals surface area contributed by atoms with Crippen molar-refractivity contribution in [1.82, 2.24) is 20.4 Å². The van der Waals surface area contributed by atoms with Gasteiger partial charge >= 0.3 is 0 Å². The summed E-state index contributed by atoms with van der Waals surface area (Å²) in [6, 6.07) is 4.65. The zero-order valence-corrected chi connectivity index (χ0v) is 10.2. The minimum absolute atomic E-state index is 0.697. The highest BCUT2D eigenvalue weighted by atomic mass is 16.5. The van der Waals surface area contributed by atoms with Crippen LogP contribution in [0.15, 0.2) is 29.0 Å². The molecule has 5 heteroatoms. The molecule has 18 heavy (non-hydrogen) atoms. The van der Waals surface area contributed by atoms with E-state index >= 15 is 0 Å². The van der Waals surface area contributed by atoms with E-state index in [2.05, 4.69) is 20.4 Å².